The van der Waals surface area contributed by atoms with Crippen LogP contribution in [0.1, 0.15) is 13.3 Å². The highest BCUT2D eigenvalue weighted by Gasteiger charge is 2.05. The number of hydrogen-bond donors (Lipinski definition) is 0. The summed E-state index contributed by atoms with van der Waals surface area (Å²) in [5.74, 6) is 1.49. The van der Waals surface area contributed by atoms with Crippen LogP contribution in [-0.4, -0.2) is 26.4 Å². The van der Waals surface area contributed by atoms with Gasteiger partial charge in [0.2, 0.25) is 0 Å². The number of para-hydroxylation sites is 1. The van der Waals surface area contributed by atoms with E-state index in [4.69, 9.17) is 14.2 Å². The van der Waals surface area contributed by atoms with Crippen LogP contribution in [0, 0.1) is 0 Å². The predicted molar refractivity (Wildman–Crippen MR) is 86.4 cm³/mol. The highest BCUT2D eigenvalue weighted by atomic mass is 16.5. The quantitative estimate of drug-likeness (QED) is 0.348. The minimum absolute atomic E-state index is 0.375. The standard InChI is InChI=1S/C18H24O3/c1-4-9-18(20-14-13-19-12-5-2)16(3)15-21-17-10-7-6-8-11-17/h4,6-11H,1,3,5,12-15H2,2H3/b18-9+. The average molecular weight is 288 g/mol. The second-order valence-corrected chi connectivity index (χ2v) is 4.43. The van der Waals surface area contributed by atoms with Gasteiger partial charge in [0.05, 0.1) is 6.61 Å². The van der Waals surface area contributed by atoms with E-state index in [0.717, 1.165) is 24.4 Å². The Hall–Kier alpha value is -2.00. The summed E-state index contributed by atoms with van der Waals surface area (Å²) in [7, 11) is 0. The van der Waals surface area contributed by atoms with Gasteiger partial charge in [-0.05, 0) is 24.6 Å². The van der Waals surface area contributed by atoms with Gasteiger partial charge in [-0.2, -0.15) is 0 Å². The van der Waals surface area contributed by atoms with Crippen LogP contribution in [0.4, 0.5) is 0 Å². The number of ether oxygens (including phenoxy) is 3. The van der Waals surface area contributed by atoms with Crippen molar-refractivity contribution in [3.05, 3.63) is 67.0 Å². The van der Waals surface area contributed by atoms with E-state index in [1.54, 1.807) is 12.2 Å². The van der Waals surface area contributed by atoms with Gasteiger partial charge in [-0.1, -0.05) is 44.4 Å². The third-order valence-corrected chi connectivity index (χ3v) is 2.61. The molecule has 1 aromatic carbocycles. The molecule has 0 heterocycles. The summed E-state index contributed by atoms with van der Waals surface area (Å²) in [4.78, 5) is 0. The van der Waals surface area contributed by atoms with Crippen molar-refractivity contribution in [3.63, 3.8) is 0 Å². The van der Waals surface area contributed by atoms with E-state index in [-0.39, 0.29) is 0 Å². The molecular formula is C18H24O3. The molecule has 0 radical (unpaired) electrons. The molecule has 0 fully saturated rings. The Morgan fingerprint density at radius 1 is 1.14 bits per heavy atom. The van der Waals surface area contributed by atoms with E-state index in [1.165, 1.54) is 0 Å². The molecule has 0 amide bonds. The zero-order chi connectivity index (χ0) is 15.3. The van der Waals surface area contributed by atoms with Crippen LogP contribution in [0.25, 0.3) is 0 Å². The van der Waals surface area contributed by atoms with Gasteiger partial charge in [0, 0.05) is 12.2 Å². The fourth-order valence-corrected chi connectivity index (χ4v) is 1.59. The Kier molecular flexibility index (Phi) is 8.73. The summed E-state index contributed by atoms with van der Waals surface area (Å²) in [5.41, 5.74) is 0.772. The molecule has 0 saturated carbocycles. The largest absolute Gasteiger partial charge is 0.491 e. The molecule has 0 unspecified atom stereocenters. The molecule has 3 heteroatoms. The maximum atomic E-state index is 5.66. The van der Waals surface area contributed by atoms with Gasteiger partial charge in [0.15, 0.2) is 0 Å². The first-order valence-electron chi connectivity index (χ1n) is 7.17. The first-order chi connectivity index (χ1) is 10.3. The first-order valence-corrected chi connectivity index (χ1v) is 7.17. The summed E-state index contributed by atoms with van der Waals surface area (Å²) < 4.78 is 16.7. The molecule has 0 aromatic heterocycles. The molecule has 3 nitrogen and oxygen atoms in total. The lowest BCUT2D eigenvalue weighted by molar-refractivity contribution is 0.0773. The molecule has 0 aliphatic rings. The van der Waals surface area contributed by atoms with E-state index < -0.39 is 0 Å². The lowest BCUT2D eigenvalue weighted by Gasteiger charge is -2.14. The lowest BCUT2D eigenvalue weighted by atomic mass is 10.2. The van der Waals surface area contributed by atoms with Crippen molar-refractivity contribution in [2.45, 2.75) is 13.3 Å². The third kappa shape index (κ3) is 7.37. The number of hydrogen-bond acceptors (Lipinski definition) is 3. The molecule has 0 saturated heterocycles. The normalized spacial score (nSPS) is 11.0. The molecule has 21 heavy (non-hydrogen) atoms. The summed E-state index contributed by atoms with van der Waals surface area (Å²) in [5, 5.41) is 0. The van der Waals surface area contributed by atoms with Gasteiger partial charge >= 0.3 is 0 Å². The zero-order valence-electron chi connectivity index (χ0n) is 12.7. The molecule has 1 aromatic rings. The molecule has 0 N–H and O–H groups in total. The summed E-state index contributed by atoms with van der Waals surface area (Å²) >= 11 is 0. The van der Waals surface area contributed by atoms with Gasteiger partial charge < -0.3 is 14.2 Å². The topological polar surface area (TPSA) is 27.7 Å². The maximum absolute atomic E-state index is 5.66. The van der Waals surface area contributed by atoms with E-state index in [1.807, 2.05) is 30.3 Å². The SMILES string of the molecule is C=C/C=C(/OCCOCCC)C(=C)COc1ccccc1. The van der Waals surface area contributed by atoms with Crippen molar-refractivity contribution in [3.8, 4) is 5.75 Å². The summed E-state index contributed by atoms with van der Waals surface area (Å²) in [6.45, 7) is 11.9. The van der Waals surface area contributed by atoms with Crippen LogP contribution in [0.15, 0.2) is 67.0 Å². The molecule has 0 aliphatic carbocycles. The van der Waals surface area contributed by atoms with Crippen molar-refractivity contribution in [2.75, 3.05) is 26.4 Å². The molecule has 0 spiro atoms. The van der Waals surface area contributed by atoms with Crippen molar-refractivity contribution >= 4 is 0 Å². The van der Waals surface area contributed by atoms with Crippen LogP contribution >= 0.6 is 0 Å². The van der Waals surface area contributed by atoms with Gasteiger partial charge in [0.25, 0.3) is 0 Å². The molecule has 0 bridgehead atoms. The molecule has 1 rings (SSSR count). The lowest BCUT2D eigenvalue weighted by Crippen LogP contribution is -2.09. The molecule has 114 valence electrons. The van der Waals surface area contributed by atoms with Crippen molar-refractivity contribution < 1.29 is 14.2 Å². The van der Waals surface area contributed by atoms with Crippen molar-refractivity contribution in [1.29, 1.82) is 0 Å². The van der Waals surface area contributed by atoms with Crippen LogP contribution < -0.4 is 4.74 Å². The highest BCUT2D eigenvalue weighted by Crippen LogP contribution is 2.14. The van der Waals surface area contributed by atoms with Gasteiger partial charge in [-0.15, -0.1) is 0 Å². The second-order valence-electron chi connectivity index (χ2n) is 4.43. The highest BCUT2D eigenvalue weighted by molar-refractivity contribution is 5.28. The first kappa shape index (κ1) is 17.1. The van der Waals surface area contributed by atoms with Crippen LogP contribution in [0.5, 0.6) is 5.75 Å². The third-order valence-electron chi connectivity index (χ3n) is 2.61. The molecule has 0 aliphatic heterocycles. The molecule has 0 atom stereocenters. The average Bonchev–Trinajstić information content (AvgIpc) is 2.52. The summed E-state index contributed by atoms with van der Waals surface area (Å²) in [6.07, 6.45) is 4.47. The van der Waals surface area contributed by atoms with Gasteiger partial charge in [-0.25, -0.2) is 0 Å². The zero-order valence-corrected chi connectivity index (χ0v) is 12.7. The number of allylic oxidation sites excluding steroid dienone is 2. The Morgan fingerprint density at radius 3 is 2.57 bits per heavy atom. The number of benzene rings is 1. The summed E-state index contributed by atoms with van der Waals surface area (Å²) in [6, 6.07) is 9.62. The molecular weight excluding hydrogens is 264 g/mol. The minimum Gasteiger partial charge on any atom is -0.491 e. The van der Waals surface area contributed by atoms with Crippen molar-refractivity contribution in [1.82, 2.24) is 0 Å². The monoisotopic (exact) mass is 288 g/mol. The van der Waals surface area contributed by atoms with E-state index in [2.05, 4.69) is 20.1 Å². The minimum atomic E-state index is 0.375. The van der Waals surface area contributed by atoms with Gasteiger partial charge in [-0.3, -0.25) is 0 Å². The Labute approximate surface area is 127 Å². The van der Waals surface area contributed by atoms with Crippen molar-refractivity contribution in [2.24, 2.45) is 0 Å². The maximum Gasteiger partial charge on any atom is 0.125 e. The van der Waals surface area contributed by atoms with Gasteiger partial charge in [0.1, 0.15) is 24.7 Å². The smallest absolute Gasteiger partial charge is 0.125 e. The predicted octanol–water partition coefficient (Wildman–Crippen LogP) is 4.13. The second kappa shape index (κ2) is 10.7. The van der Waals surface area contributed by atoms with Crippen LogP contribution in [0.3, 0.4) is 0 Å². The van der Waals surface area contributed by atoms with E-state index >= 15 is 0 Å². The fourth-order valence-electron chi connectivity index (χ4n) is 1.59. The Bertz CT molecular complexity index is 449. The Morgan fingerprint density at radius 2 is 1.90 bits per heavy atom. The van der Waals surface area contributed by atoms with Crippen LogP contribution in [0.2, 0.25) is 0 Å². The Balaban J connectivity index is 2.39. The van der Waals surface area contributed by atoms with E-state index in [0.29, 0.717) is 25.6 Å². The van der Waals surface area contributed by atoms with E-state index in [9.17, 15) is 0 Å². The van der Waals surface area contributed by atoms with Crippen LogP contribution in [-0.2, 0) is 9.47 Å². The number of rotatable bonds is 11. The fraction of sp³-hybridized carbons (Fsp3) is 0.333.